The third-order valence-corrected chi connectivity index (χ3v) is 5.09. The second-order valence-electron chi connectivity index (χ2n) is 6.04. The summed E-state index contributed by atoms with van der Waals surface area (Å²) in [6, 6.07) is 13.8. The van der Waals surface area contributed by atoms with Crippen molar-refractivity contribution in [1.82, 2.24) is 0 Å². The molecule has 5 rings (SSSR count). The number of benzene rings is 2. The van der Waals surface area contributed by atoms with Gasteiger partial charge in [0.05, 0.1) is 10.3 Å². The quantitative estimate of drug-likeness (QED) is 0.480. The molecule has 22 heavy (non-hydrogen) atoms. The smallest absolute Gasteiger partial charge is 0.274 e. The molecule has 0 aliphatic heterocycles. The van der Waals surface area contributed by atoms with E-state index in [9.17, 15) is 10.1 Å². The summed E-state index contributed by atoms with van der Waals surface area (Å²) in [6.07, 6.45) is 3.80. The van der Waals surface area contributed by atoms with Gasteiger partial charge >= 0.3 is 0 Å². The number of nitro benzene ring substituents is 1. The maximum Gasteiger partial charge on any atom is 0.274 e. The van der Waals surface area contributed by atoms with Gasteiger partial charge in [-0.25, -0.2) is 0 Å². The highest BCUT2D eigenvalue weighted by molar-refractivity contribution is 5.86. The van der Waals surface area contributed by atoms with Gasteiger partial charge in [0.1, 0.15) is 0 Å². The van der Waals surface area contributed by atoms with Crippen molar-refractivity contribution < 1.29 is 4.92 Å². The molecule has 110 valence electrons. The minimum atomic E-state index is -0.459. The van der Waals surface area contributed by atoms with Gasteiger partial charge in [0.25, 0.3) is 5.69 Å². The zero-order valence-corrected chi connectivity index (χ0v) is 12.3. The first-order chi connectivity index (χ1) is 10.7. The molecule has 0 N–H and O–H groups in total. The van der Waals surface area contributed by atoms with Crippen molar-refractivity contribution in [2.24, 2.45) is 4.99 Å². The zero-order chi connectivity index (χ0) is 15.3. The highest BCUT2D eigenvalue weighted by Gasteiger charge is 2.50. The maximum atomic E-state index is 11.6. The van der Waals surface area contributed by atoms with E-state index < -0.39 is 5.41 Å². The molecule has 0 saturated carbocycles. The lowest BCUT2D eigenvalue weighted by Crippen LogP contribution is -2.42. The Kier molecular flexibility index (Phi) is 2.70. The number of hydrogen-bond acceptors (Lipinski definition) is 3. The SMILES string of the molecule is CN=CC12CCC(c3ccccc31)c1cccc([N+](=O)[O-])c12. The molecule has 2 atom stereocenters. The summed E-state index contributed by atoms with van der Waals surface area (Å²) in [7, 11) is 1.74. The molecule has 2 aromatic carbocycles. The fourth-order valence-corrected chi connectivity index (χ4v) is 4.36. The molecule has 0 fully saturated rings. The highest BCUT2D eigenvalue weighted by Crippen LogP contribution is 2.57. The number of hydrogen-bond donors (Lipinski definition) is 0. The van der Waals surface area contributed by atoms with Crippen molar-refractivity contribution in [2.75, 3.05) is 7.05 Å². The van der Waals surface area contributed by atoms with E-state index in [0.717, 1.165) is 24.0 Å². The predicted octanol–water partition coefficient (Wildman–Crippen LogP) is 3.82. The lowest BCUT2D eigenvalue weighted by atomic mass is 9.55. The molecule has 2 unspecified atom stereocenters. The van der Waals surface area contributed by atoms with Crippen molar-refractivity contribution in [1.29, 1.82) is 0 Å². The largest absolute Gasteiger partial charge is 0.300 e. The van der Waals surface area contributed by atoms with Crippen LogP contribution in [0.25, 0.3) is 0 Å². The van der Waals surface area contributed by atoms with Gasteiger partial charge in [0.15, 0.2) is 0 Å². The molecule has 4 nitrogen and oxygen atoms in total. The van der Waals surface area contributed by atoms with E-state index in [1.165, 1.54) is 11.1 Å². The van der Waals surface area contributed by atoms with E-state index in [2.05, 4.69) is 17.1 Å². The Labute approximate surface area is 128 Å². The van der Waals surface area contributed by atoms with E-state index in [1.54, 1.807) is 19.2 Å². The second-order valence-corrected chi connectivity index (χ2v) is 6.04. The van der Waals surface area contributed by atoms with Gasteiger partial charge in [-0.05, 0) is 29.5 Å². The van der Waals surface area contributed by atoms with Crippen LogP contribution in [0.5, 0.6) is 0 Å². The molecular weight excluding hydrogens is 276 g/mol. The second kappa shape index (κ2) is 4.50. The average Bonchev–Trinajstić information content (AvgIpc) is 2.55. The Bertz CT molecular complexity index is 812. The van der Waals surface area contributed by atoms with Crippen LogP contribution in [0.15, 0.2) is 47.5 Å². The van der Waals surface area contributed by atoms with Crippen LogP contribution in [-0.2, 0) is 5.41 Å². The van der Waals surface area contributed by atoms with Gasteiger partial charge in [-0.15, -0.1) is 0 Å². The van der Waals surface area contributed by atoms with Crippen LogP contribution in [0.2, 0.25) is 0 Å². The van der Waals surface area contributed by atoms with Gasteiger partial charge < -0.3 is 0 Å². The van der Waals surface area contributed by atoms with Crippen molar-refractivity contribution in [3.8, 4) is 0 Å². The molecule has 0 aromatic heterocycles. The Morgan fingerprint density at radius 3 is 2.77 bits per heavy atom. The molecular formula is C18H16N2O2. The third kappa shape index (κ3) is 1.49. The summed E-state index contributed by atoms with van der Waals surface area (Å²) in [5.41, 5.74) is 4.18. The first-order valence-corrected chi connectivity index (χ1v) is 7.49. The van der Waals surface area contributed by atoms with Gasteiger partial charge in [-0.2, -0.15) is 0 Å². The van der Waals surface area contributed by atoms with E-state index in [1.807, 2.05) is 24.4 Å². The minimum Gasteiger partial charge on any atom is -0.300 e. The third-order valence-electron chi connectivity index (χ3n) is 5.09. The van der Waals surface area contributed by atoms with Gasteiger partial charge in [0, 0.05) is 30.8 Å². The van der Waals surface area contributed by atoms with Crippen molar-refractivity contribution >= 4 is 11.9 Å². The van der Waals surface area contributed by atoms with Crippen molar-refractivity contribution in [3.63, 3.8) is 0 Å². The predicted molar refractivity (Wildman–Crippen MR) is 85.8 cm³/mol. The normalized spacial score (nSPS) is 25.0. The van der Waals surface area contributed by atoms with E-state index in [-0.39, 0.29) is 16.5 Å². The van der Waals surface area contributed by atoms with Crippen LogP contribution in [0.1, 0.15) is 41.0 Å². The molecule has 2 bridgehead atoms. The van der Waals surface area contributed by atoms with Crippen LogP contribution in [-0.4, -0.2) is 18.2 Å². The van der Waals surface area contributed by atoms with E-state index >= 15 is 0 Å². The van der Waals surface area contributed by atoms with Crippen LogP contribution < -0.4 is 0 Å². The van der Waals surface area contributed by atoms with Gasteiger partial charge in [-0.1, -0.05) is 36.4 Å². The Morgan fingerprint density at radius 2 is 2.00 bits per heavy atom. The summed E-state index contributed by atoms with van der Waals surface area (Å²) in [5.74, 6) is 0.262. The lowest BCUT2D eigenvalue weighted by molar-refractivity contribution is -0.386. The van der Waals surface area contributed by atoms with Crippen LogP contribution in [0.4, 0.5) is 5.69 Å². The molecule has 3 aliphatic rings. The Morgan fingerprint density at radius 1 is 1.23 bits per heavy atom. The van der Waals surface area contributed by atoms with Crippen LogP contribution >= 0.6 is 0 Å². The number of nitro groups is 1. The summed E-state index contributed by atoms with van der Waals surface area (Å²) in [5, 5.41) is 11.6. The van der Waals surface area contributed by atoms with Crippen molar-refractivity contribution in [3.05, 3.63) is 74.8 Å². The molecule has 0 saturated heterocycles. The monoisotopic (exact) mass is 292 g/mol. The van der Waals surface area contributed by atoms with Gasteiger partial charge in [0.2, 0.25) is 0 Å². The fraction of sp³-hybridized carbons (Fsp3) is 0.278. The number of nitrogens with zero attached hydrogens (tertiary/aromatic N) is 2. The lowest BCUT2D eigenvalue weighted by Gasteiger charge is -2.46. The Hall–Kier alpha value is -2.49. The standard InChI is InChI=1S/C18H16N2O2/c1-19-11-18-10-9-12(13-5-2-3-7-15(13)18)14-6-4-8-16(17(14)18)20(21)22/h2-8,11-12H,9-10H2,1H3. The highest BCUT2D eigenvalue weighted by atomic mass is 16.6. The first-order valence-electron chi connectivity index (χ1n) is 7.49. The number of aliphatic imine (C=N–C) groups is 1. The molecule has 4 heteroatoms. The summed E-state index contributed by atoms with van der Waals surface area (Å²) >= 11 is 0. The van der Waals surface area contributed by atoms with Crippen LogP contribution in [0.3, 0.4) is 0 Å². The maximum absolute atomic E-state index is 11.6. The van der Waals surface area contributed by atoms with Crippen LogP contribution in [0, 0.1) is 10.1 Å². The summed E-state index contributed by atoms with van der Waals surface area (Å²) in [6.45, 7) is 0. The molecule has 2 aromatic rings. The van der Waals surface area contributed by atoms with Gasteiger partial charge in [-0.3, -0.25) is 15.1 Å². The number of fused-ring (bicyclic) bond motifs is 1. The fourth-order valence-electron chi connectivity index (χ4n) is 4.36. The topological polar surface area (TPSA) is 55.5 Å². The van der Waals surface area contributed by atoms with Crippen molar-refractivity contribution in [2.45, 2.75) is 24.2 Å². The molecule has 0 heterocycles. The zero-order valence-electron chi connectivity index (χ0n) is 12.3. The van der Waals surface area contributed by atoms with E-state index in [0.29, 0.717) is 0 Å². The summed E-state index contributed by atoms with van der Waals surface area (Å²) < 4.78 is 0. The van der Waals surface area contributed by atoms with E-state index in [4.69, 9.17) is 0 Å². The average molecular weight is 292 g/mol. The molecule has 3 aliphatic carbocycles. The Balaban J connectivity index is 2.13. The molecule has 0 spiro atoms. The number of rotatable bonds is 2. The minimum absolute atomic E-state index is 0.219. The summed E-state index contributed by atoms with van der Waals surface area (Å²) in [4.78, 5) is 15.6. The molecule has 0 radical (unpaired) electrons. The molecule has 0 amide bonds. The first kappa shape index (κ1) is 13.2.